The van der Waals surface area contributed by atoms with Crippen LogP contribution in [0, 0.1) is 24.2 Å². The van der Waals surface area contributed by atoms with Crippen molar-refractivity contribution >= 4 is 0 Å². The summed E-state index contributed by atoms with van der Waals surface area (Å²) in [5.41, 5.74) is 2.20. The number of nitrogens with one attached hydrogen (secondary N) is 1. The second-order valence-electron chi connectivity index (χ2n) is 5.57. The molecule has 0 saturated heterocycles. The highest BCUT2D eigenvalue weighted by atomic mass is 14.9. The van der Waals surface area contributed by atoms with E-state index in [9.17, 15) is 0 Å². The number of hydrogen-bond acceptors (Lipinski definition) is 2. The Morgan fingerprint density at radius 2 is 2.06 bits per heavy atom. The van der Waals surface area contributed by atoms with Gasteiger partial charge in [-0.2, -0.15) is 0 Å². The van der Waals surface area contributed by atoms with E-state index in [2.05, 4.69) is 62.0 Å². The second kappa shape index (κ2) is 6.56. The van der Waals surface area contributed by atoms with Crippen molar-refractivity contribution in [3.63, 3.8) is 0 Å². The third kappa shape index (κ3) is 5.33. The van der Waals surface area contributed by atoms with Gasteiger partial charge in [0, 0.05) is 17.5 Å². The third-order valence-corrected chi connectivity index (χ3v) is 2.49. The van der Waals surface area contributed by atoms with Crippen molar-refractivity contribution in [2.45, 2.75) is 47.1 Å². The Kier molecular flexibility index (Phi) is 5.37. The van der Waals surface area contributed by atoms with Crippen molar-refractivity contribution in [2.75, 3.05) is 6.54 Å². The SMILES string of the molecule is CCNC(CC#CC(C)(C)C)c1cccc(C)n1. The third-order valence-electron chi connectivity index (χ3n) is 2.49. The van der Waals surface area contributed by atoms with Gasteiger partial charge < -0.3 is 5.32 Å². The molecular formula is C16H24N2. The molecule has 2 nitrogen and oxygen atoms in total. The zero-order chi connectivity index (χ0) is 13.6. The molecular weight excluding hydrogens is 220 g/mol. The van der Waals surface area contributed by atoms with Crippen molar-refractivity contribution in [3.8, 4) is 11.8 Å². The van der Waals surface area contributed by atoms with Gasteiger partial charge in [-0.3, -0.25) is 4.98 Å². The van der Waals surface area contributed by atoms with Gasteiger partial charge in [-0.1, -0.05) is 18.9 Å². The zero-order valence-electron chi connectivity index (χ0n) is 12.2. The van der Waals surface area contributed by atoms with E-state index in [1.807, 2.05) is 13.0 Å². The van der Waals surface area contributed by atoms with Gasteiger partial charge in [-0.25, -0.2) is 0 Å². The molecule has 0 aliphatic heterocycles. The number of aryl methyl sites for hydroxylation is 1. The Morgan fingerprint density at radius 1 is 1.33 bits per heavy atom. The molecule has 0 fully saturated rings. The molecule has 0 amide bonds. The van der Waals surface area contributed by atoms with Crippen LogP contribution < -0.4 is 5.32 Å². The van der Waals surface area contributed by atoms with E-state index < -0.39 is 0 Å². The Labute approximate surface area is 111 Å². The number of hydrogen-bond donors (Lipinski definition) is 1. The van der Waals surface area contributed by atoms with Crippen LogP contribution in [0.4, 0.5) is 0 Å². The van der Waals surface area contributed by atoms with Gasteiger partial charge in [0.25, 0.3) is 0 Å². The first-order chi connectivity index (χ1) is 8.42. The molecule has 0 bridgehead atoms. The largest absolute Gasteiger partial charge is 0.308 e. The molecule has 1 unspecified atom stereocenters. The highest BCUT2D eigenvalue weighted by Gasteiger charge is 2.11. The van der Waals surface area contributed by atoms with Crippen molar-refractivity contribution in [3.05, 3.63) is 29.6 Å². The maximum absolute atomic E-state index is 4.58. The van der Waals surface area contributed by atoms with Crippen molar-refractivity contribution < 1.29 is 0 Å². The molecule has 98 valence electrons. The summed E-state index contributed by atoms with van der Waals surface area (Å²) in [6, 6.07) is 6.37. The minimum Gasteiger partial charge on any atom is -0.308 e. The normalized spacial score (nSPS) is 12.7. The molecule has 2 heteroatoms. The van der Waals surface area contributed by atoms with E-state index in [4.69, 9.17) is 0 Å². The zero-order valence-corrected chi connectivity index (χ0v) is 12.2. The van der Waals surface area contributed by atoms with E-state index in [1.165, 1.54) is 0 Å². The molecule has 0 aliphatic rings. The van der Waals surface area contributed by atoms with Crippen LogP contribution in [0.2, 0.25) is 0 Å². The van der Waals surface area contributed by atoms with E-state index in [0.717, 1.165) is 24.4 Å². The number of rotatable bonds is 4. The van der Waals surface area contributed by atoms with Crippen LogP contribution in [-0.2, 0) is 0 Å². The van der Waals surface area contributed by atoms with Gasteiger partial charge >= 0.3 is 0 Å². The van der Waals surface area contributed by atoms with Gasteiger partial charge in [-0.05, 0) is 46.4 Å². The predicted octanol–water partition coefficient (Wildman–Crippen LogP) is 3.48. The van der Waals surface area contributed by atoms with Gasteiger partial charge in [0.1, 0.15) is 0 Å². The fourth-order valence-corrected chi connectivity index (χ4v) is 1.70. The minimum atomic E-state index is 0.0663. The predicted molar refractivity (Wildman–Crippen MR) is 77.2 cm³/mol. The molecule has 1 N–H and O–H groups in total. The summed E-state index contributed by atoms with van der Waals surface area (Å²) in [5.74, 6) is 6.55. The molecule has 1 aromatic heterocycles. The summed E-state index contributed by atoms with van der Waals surface area (Å²) < 4.78 is 0. The van der Waals surface area contributed by atoms with Crippen molar-refractivity contribution in [1.82, 2.24) is 10.3 Å². The Bertz CT molecular complexity index is 432. The summed E-state index contributed by atoms with van der Waals surface area (Å²) in [6.07, 6.45) is 0.807. The molecule has 0 aromatic carbocycles. The Hall–Kier alpha value is -1.33. The lowest BCUT2D eigenvalue weighted by Gasteiger charge is -2.15. The first kappa shape index (κ1) is 14.7. The van der Waals surface area contributed by atoms with E-state index >= 15 is 0 Å². The lowest BCUT2D eigenvalue weighted by Crippen LogP contribution is -2.21. The lowest BCUT2D eigenvalue weighted by molar-refractivity contribution is 0.544. The van der Waals surface area contributed by atoms with Crippen LogP contribution >= 0.6 is 0 Å². The summed E-state index contributed by atoms with van der Waals surface area (Å²) in [5, 5.41) is 3.45. The van der Waals surface area contributed by atoms with E-state index in [1.54, 1.807) is 0 Å². The van der Waals surface area contributed by atoms with Gasteiger partial charge in [0.2, 0.25) is 0 Å². The fraction of sp³-hybridized carbons (Fsp3) is 0.562. The minimum absolute atomic E-state index is 0.0663. The summed E-state index contributed by atoms with van der Waals surface area (Å²) in [4.78, 5) is 4.58. The van der Waals surface area contributed by atoms with Crippen LogP contribution in [0.1, 0.15) is 51.5 Å². The van der Waals surface area contributed by atoms with Crippen molar-refractivity contribution in [1.29, 1.82) is 0 Å². The summed E-state index contributed by atoms with van der Waals surface area (Å²) >= 11 is 0. The van der Waals surface area contributed by atoms with Gasteiger partial charge in [0.05, 0.1) is 11.7 Å². The smallest absolute Gasteiger partial charge is 0.0605 e. The average molecular weight is 244 g/mol. The molecule has 0 radical (unpaired) electrons. The van der Waals surface area contributed by atoms with Crippen molar-refractivity contribution in [2.24, 2.45) is 5.41 Å². The summed E-state index contributed by atoms with van der Waals surface area (Å²) in [7, 11) is 0. The van der Waals surface area contributed by atoms with Crippen LogP contribution in [0.5, 0.6) is 0 Å². The number of pyridine rings is 1. The second-order valence-corrected chi connectivity index (χ2v) is 5.57. The first-order valence-corrected chi connectivity index (χ1v) is 6.59. The number of aromatic nitrogens is 1. The molecule has 1 heterocycles. The molecule has 0 saturated carbocycles. The average Bonchev–Trinajstić information content (AvgIpc) is 2.26. The maximum Gasteiger partial charge on any atom is 0.0605 e. The number of nitrogens with zero attached hydrogens (tertiary/aromatic N) is 1. The highest BCUT2D eigenvalue weighted by Crippen LogP contribution is 2.15. The van der Waals surface area contributed by atoms with Crippen LogP contribution in [-0.4, -0.2) is 11.5 Å². The topological polar surface area (TPSA) is 24.9 Å². The summed E-state index contributed by atoms with van der Waals surface area (Å²) in [6.45, 7) is 11.5. The van der Waals surface area contributed by atoms with E-state index in [-0.39, 0.29) is 11.5 Å². The van der Waals surface area contributed by atoms with Crippen LogP contribution in [0.15, 0.2) is 18.2 Å². The maximum atomic E-state index is 4.58. The van der Waals surface area contributed by atoms with Crippen LogP contribution in [0.3, 0.4) is 0 Å². The monoisotopic (exact) mass is 244 g/mol. The molecule has 18 heavy (non-hydrogen) atoms. The van der Waals surface area contributed by atoms with Gasteiger partial charge in [-0.15, -0.1) is 5.92 Å². The van der Waals surface area contributed by atoms with Crippen LogP contribution in [0.25, 0.3) is 0 Å². The molecule has 0 spiro atoms. The fourth-order valence-electron chi connectivity index (χ4n) is 1.70. The Balaban J connectivity index is 2.79. The van der Waals surface area contributed by atoms with Gasteiger partial charge in [0.15, 0.2) is 0 Å². The molecule has 1 rings (SSSR count). The lowest BCUT2D eigenvalue weighted by atomic mass is 9.97. The quantitative estimate of drug-likeness (QED) is 0.820. The first-order valence-electron chi connectivity index (χ1n) is 6.59. The standard InChI is InChI=1S/C16H24N2/c1-6-17-14(11-8-12-16(3,4)5)15-10-7-9-13(2)18-15/h7,9-10,14,17H,6,11H2,1-5H3. The van der Waals surface area contributed by atoms with E-state index in [0.29, 0.717) is 0 Å². The Morgan fingerprint density at radius 3 is 2.61 bits per heavy atom. The molecule has 1 aromatic rings. The molecule has 1 atom stereocenters. The highest BCUT2D eigenvalue weighted by molar-refractivity contribution is 5.17. The molecule has 0 aliphatic carbocycles.